The number of pyridine rings is 2. The number of hydrogen-bond donors (Lipinski definition) is 2. The summed E-state index contributed by atoms with van der Waals surface area (Å²) in [5.41, 5.74) is 3.01. The Morgan fingerprint density at radius 2 is 2.04 bits per heavy atom. The normalized spacial score (nSPS) is 11.6. The second kappa shape index (κ2) is 7.40. The summed E-state index contributed by atoms with van der Waals surface area (Å²) in [5, 5.41) is 6.54. The number of hydrogen-bond acceptors (Lipinski definition) is 3. The lowest BCUT2D eigenvalue weighted by Crippen LogP contribution is -2.38. The maximum absolute atomic E-state index is 4.58. The van der Waals surface area contributed by atoms with Gasteiger partial charge in [0, 0.05) is 38.6 Å². The van der Waals surface area contributed by atoms with Crippen molar-refractivity contribution in [3.63, 3.8) is 0 Å². The van der Waals surface area contributed by atoms with E-state index in [0.29, 0.717) is 6.54 Å². The highest BCUT2D eigenvalue weighted by atomic mass is 15.2. The highest BCUT2D eigenvalue weighted by Gasteiger charge is 2.02. The van der Waals surface area contributed by atoms with Crippen LogP contribution in [-0.2, 0) is 13.0 Å². The van der Waals surface area contributed by atoms with Crippen LogP contribution in [0.25, 0.3) is 5.65 Å². The van der Waals surface area contributed by atoms with Crippen LogP contribution >= 0.6 is 0 Å². The van der Waals surface area contributed by atoms with Gasteiger partial charge in [0.25, 0.3) is 0 Å². The van der Waals surface area contributed by atoms with Crippen molar-refractivity contribution in [3.8, 4) is 0 Å². The number of nitrogens with one attached hydrogen (secondary N) is 2. The minimum absolute atomic E-state index is 0.648. The van der Waals surface area contributed by atoms with Crippen molar-refractivity contribution in [1.29, 1.82) is 0 Å². The molecule has 6 heteroatoms. The predicted molar refractivity (Wildman–Crippen MR) is 91.3 cm³/mol. The molecule has 23 heavy (non-hydrogen) atoms. The first-order chi connectivity index (χ1) is 11.3. The fourth-order valence-corrected chi connectivity index (χ4v) is 2.31. The largest absolute Gasteiger partial charge is 0.356 e. The molecule has 3 aromatic rings. The van der Waals surface area contributed by atoms with Crippen molar-refractivity contribution in [2.45, 2.75) is 13.0 Å². The van der Waals surface area contributed by atoms with E-state index < -0.39 is 0 Å². The number of aromatic nitrogens is 3. The molecule has 0 aromatic carbocycles. The van der Waals surface area contributed by atoms with E-state index in [9.17, 15) is 0 Å². The smallest absolute Gasteiger partial charge is 0.191 e. The van der Waals surface area contributed by atoms with Crippen LogP contribution in [-0.4, -0.2) is 33.9 Å². The van der Waals surface area contributed by atoms with E-state index >= 15 is 0 Å². The summed E-state index contributed by atoms with van der Waals surface area (Å²) < 4.78 is 2.03. The third kappa shape index (κ3) is 4.06. The average molecular weight is 308 g/mol. The monoisotopic (exact) mass is 308 g/mol. The van der Waals surface area contributed by atoms with Gasteiger partial charge in [0.15, 0.2) is 5.96 Å². The Kier molecular flexibility index (Phi) is 4.83. The summed E-state index contributed by atoms with van der Waals surface area (Å²) in [6.07, 6.45) is 6.69. The van der Waals surface area contributed by atoms with Crippen molar-refractivity contribution < 1.29 is 0 Å². The van der Waals surface area contributed by atoms with Gasteiger partial charge < -0.3 is 15.0 Å². The van der Waals surface area contributed by atoms with Gasteiger partial charge in [0.1, 0.15) is 5.65 Å². The molecule has 0 unspecified atom stereocenters. The lowest BCUT2D eigenvalue weighted by Gasteiger charge is -2.10. The summed E-state index contributed by atoms with van der Waals surface area (Å²) in [4.78, 5) is 13.1. The maximum atomic E-state index is 4.58. The molecule has 3 rings (SSSR count). The van der Waals surface area contributed by atoms with Crippen molar-refractivity contribution in [3.05, 3.63) is 66.4 Å². The summed E-state index contributed by atoms with van der Waals surface area (Å²) >= 11 is 0. The van der Waals surface area contributed by atoms with E-state index in [1.165, 1.54) is 0 Å². The standard InChI is InChI=1S/C17H20N6/c1-18-17(21-12-14-6-2-4-9-19-14)20-10-8-15-13-23-11-5-3-7-16(23)22-15/h2-7,9,11,13H,8,10,12H2,1H3,(H2,18,20,21). The van der Waals surface area contributed by atoms with E-state index in [4.69, 9.17) is 0 Å². The van der Waals surface area contributed by atoms with E-state index in [-0.39, 0.29) is 0 Å². The summed E-state index contributed by atoms with van der Waals surface area (Å²) in [7, 11) is 1.76. The summed E-state index contributed by atoms with van der Waals surface area (Å²) in [6, 6.07) is 11.9. The third-order valence-corrected chi connectivity index (χ3v) is 3.47. The van der Waals surface area contributed by atoms with Gasteiger partial charge in [-0.05, 0) is 24.3 Å². The van der Waals surface area contributed by atoms with Gasteiger partial charge in [0.05, 0.1) is 17.9 Å². The topological polar surface area (TPSA) is 66.6 Å². The number of nitrogens with zero attached hydrogens (tertiary/aromatic N) is 4. The van der Waals surface area contributed by atoms with E-state index in [0.717, 1.165) is 36.0 Å². The number of guanidine groups is 1. The van der Waals surface area contributed by atoms with Crippen LogP contribution in [0, 0.1) is 0 Å². The first-order valence-electron chi connectivity index (χ1n) is 7.62. The molecule has 0 bridgehead atoms. The van der Waals surface area contributed by atoms with Gasteiger partial charge >= 0.3 is 0 Å². The van der Waals surface area contributed by atoms with Gasteiger partial charge in [-0.3, -0.25) is 9.98 Å². The number of fused-ring (bicyclic) bond motifs is 1. The SMILES string of the molecule is CN=C(NCCc1cn2ccccc2n1)NCc1ccccn1. The van der Waals surface area contributed by atoms with Crippen LogP contribution < -0.4 is 10.6 Å². The third-order valence-electron chi connectivity index (χ3n) is 3.47. The van der Waals surface area contributed by atoms with Crippen LogP contribution in [0.2, 0.25) is 0 Å². The molecule has 0 atom stereocenters. The van der Waals surface area contributed by atoms with Gasteiger partial charge in [-0.2, -0.15) is 0 Å². The molecule has 6 nitrogen and oxygen atoms in total. The van der Waals surface area contributed by atoms with Crippen LogP contribution in [0.4, 0.5) is 0 Å². The Labute approximate surface area is 135 Å². The van der Waals surface area contributed by atoms with Crippen LogP contribution in [0.5, 0.6) is 0 Å². The van der Waals surface area contributed by atoms with Gasteiger partial charge in [-0.1, -0.05) is 12.1 Å². The Morgan fingerprint density at radius 3 is 2.83 bits per heavy atom. The predicted octanol–water partition coefficient (Wildman–Crippen LogP) is 1.64. The molecule has 2 N–H and O–H groups in total. The molecule has 118 valence electrons. The van der Waals surface area contributed by atoms with Gasteiger partial charge in [-0.15, -0.1) is 0 Å². The van der Waals surface area contributed by atoms with Gasteiger partial charge in [0.2, 0.25) is 0 Å². The zero-order chi connectivity index (χ0) is 15.9. The molecule has 0 amide bonds. The zero-order valence-electron chi connectivity index (χ0n) is 13.1. The molecule has 0 fully saturated rings. The second-order valence-corrected chi connectivity index (χ2v) is 5.12. The minimum Gasteiger partial charge on any atom is -0.356 e. The quantitative estimate of drug-likeness (QED) is 0.555. The molecule has 0 spiro atoms. The highest BCUT2D eigenvalue weighted by molar-refractivity contribution is 5.79. The number of rotatable bonds is 5. The molecule has 0 saturated carbocycles. The molecule has 0 aliphatic carbocycles. The molecular formula is C17H20N6. The first kappa shape index (κ1) is 15.0. The average Bonchev–Trinajstić information content (AvgIpc) is 3.01. The molecule has 0 aliphatic heterocycles. The molecule has 0 saturated heterocycles. The Bertz CT molecular complexity index is 745. The first-order valence-corrected chi connectivity index (χ1v) is 7.62. The summed E-state index contributed by atoms with van der Waals surface area (Å²) in [6.45, 7) is 1.42. The van der Waals surface area contributed by atoms with Gasteiger partial charge in [-0.25, -0.2) is 4.98 Å². The molecule has 0 aliphatic rings. The van der Waals surface area contributed by atoms with Crippen molar-refractivity contribution >= 4 is 11.6 Å². The second-order valence-electron chi connectivity index (χ2n) is 5.12. The Hall–Kier alpha value is -2.89. The zero-order valence-corrected chi connectivity index (χ0v) is 13.1. The fraction of sp³-hybridized carbons (Fsp3) is 0.235. The maximum Gasteiger partial charge on any atom is 0.191 e. The number of aliphatic imine (C=N–C) groups is 1. The Morgan fingerprint density at radius 1 is 1.13 bits per heavy atom. The van der Waals surface area contributed by atoms with Crippen molar-refractivity contribution in [2.24, 2.45) is 4.99 Å². The summed E-state index contributed by atoms with van der Waals surface area (Å²) in [5.74, 6) is 0.763. The van der Waals surface area contributed by atoms with E-state index in [1.807, 2.05) is 47.0 Å². The Balaban J connectivity index is 1.48. The molecule has 3 aromatic heterocycles. The van der Waals surface area contributed by atoms with Crippen molar-refractivity contribution in [2.75, 3.05) is 13.6 Å². The van der Waals surface area contributed by atoms with Crippen molar-refractivity contribution in [1.82, 2.24) is 25.0 Å². The van der Waals surface area contributed by atoms with E-state index in [2.05, 4.69) is 31.8 Å². The van der Waals surface area contributed by atoms with Crippen LogP contribution in [0.15, 0.2) is 60.0 Å². The lowest BCUT2D eigenvalue weighted by atomic mass is 10.3. The molecule has 0 radical (unpaired) electrons. The van der Waals surface area contributed by atoms with E-state index in [1.54, 1.807) is 13.2 Å². The van der Waals surface area contributed by atoms with Crippen LogP contribution in [0.3, 0.4) is 0 Å². The van der Waals surface area contributed by atoms with Crippen LogP contribution in [0.1, 0.15) is 11.4 Å². The molecular weight excluding hydrogens is 288 g/mol. The molecule has 3 heterocycles. The number of imidazole rings is 1. The minimum atomic E-state index is 0.648. The highest BCUT2D eigenvalue weighted by Crippen LogP contribution is 2.04. The lowest BCUT2D eigenvalue weighted by molar-refractivity contribution is 0.777. The fourth-order valence-electron chi connectivity index (χ4n) is 2.31.